The number of aromatic nitrogens is 1. The molecule has 0 radical (unpaired) electrons. The largest absolute Gasteiger partial charge is 0.494 e. The highest BCUT2D eigenvalue weighted by Gasteiger charge is 2.30. The van der Waals surface area contributed by atoms with Gasteiger partial charge < -0.3 is 15.0 Å². The molecular weight excluding hydrogens is 444 g/mol. The van der Waals surface area contributed by atoms with E-state index in [2.05, 4.69) is 20.9 Å². The maximum atomic E-state index is 12.2. The van der Waals surface area contributed by atoms with Gasteiger partial charge in [0.2, 0.25) is 17.8 Å². The van der Waals surface area contributed by atoms with Crippen LogP contribution in [0.25, 0.3) is 10.8 Å². The Kier molecular flexibility index (Phi) is 6.20. The molecule has 0 bridgehead atoms. The molecule has 1 unspecified atom stereocenters. The standard InChI is InChI=1S/C23H21ClN6O3/c1-13-2-4-16(9-18(13)24)28-23(27-12-25)26-10-14-3-5-17-15(8-14)11-30(22(17)33)19-6-7-20(31)29-21(19)32/h2-5,8-9,11,19,33H,6-7,10H2,1H3,(H2,26,27,28)(H,29,31,32). The predicted octanol–water partition coefficient (Wildman–Crippen LogP) is 3.33. The Hall–Kier alpha value is -4.03. The van der Waals surface area contributed by atoms with Crippen molar-refractivity contribution >= 4 is 45.8 Å². The van der Waals surface area contributed by atoms with Gasteiger partial charge in [0.1, 0.15) is 6.04 Å². The number of hydrogen-bond donors (Lipinski definition) is 4. The van der Waals surface area contributed by atoms with Crippen LogP contribution in [0.4, 0.5) is 5.69 Å². The van der Waals surface area contributed by atoms with Crippen molar-refractivity contribution in [3.63, 3.8) is 0 Å². The Morgan fingerprint density at radius 1 is 1.33 bits per heavy atom. The number of carbonyl (C=O) groups is 2. The summed E-state index contributed by atoms with van der Waals surface area (Å²) in [6.45, 7) is 2.16. The van der Waals surface area contributed by atoms with Gasteiger partial charge in [0.15, 0.2) is 12.1 Å². The van der Waals surface area contributed by atoms with Gasteiger partial charge in [-0.15, -0.1) is 0 Å². The molecule has 0 aliphatic carbocycles. The molecule has 1 aromatic heterocycles. The van der Waals surface area contributed by atoms with E-state index in [1.807, 2.05) is 37.4 Å². The number of nitriles is 1. The lowest BCUT2D eigenvalue weighted by molar-refractivity contribution is -0.135. The first-order valence-electron chi connectivity index (χ1n) is 10.2. The van der Waals surface area contributed by atoms with Gasteiger partial charge in [-0.3, -0.25) is 20.2 Å². The number of carbonyl (C=O) groups excluding carboxylic acids is 2. The first-order chi connectivity index (χ1) is 15.9. The van der Waals surface area contributed by atoms with Crippen LogP contribution in [0.1, 0.15) is 30.0 Å². The topological polar surface area (TPSA) is 132 Å². The zero-order valence-corrected chi connectivity index (χ0v) is 18.5. The molecule has 1 atom stereocenters. The molecule has 3 aromatic rings. The van der Waals surface area contributed by atoms with Crippen LogP contribution in [0, 0.1) is 18.4 Å². The third-order valence-corrected chi connectivity index (χ3v) is 5.86. The molecule has 0 spiro atoms. The summed E-state index contributed by atoms with van der Waals surface area (Å²) < 4.78 is 1.49. The fraction of sp³-hybridized carbons (Fsp3) is 0.217. The smallest absolute Gasteiger partial charge is 0.249 e. The molecule has 2 amide bonds. The van der Waals surface area contributed by atoms with E-state index in [9.17, 15) is 14.7 Å². The molecule has 0 saturated carbocycles. The van der Waals surface area contributed by atoms with Crippen molar-refractivity contribution in [3.05, 3.63) is 58.7 Å². The third-order valence-electron chi connectivity index (χ3n) is 5.45. The Labute approximate surface area is 194 Å². The SMILES string of the molecule is Cc1ccc(NC(=NCc2ccc3c(O)n(C4CCC(=O)NC4=O)cc3c2)NC#N)cc1Cl. The molecule has 1 aliphatic heterocycles. The van der Waals surface area contributed by atoms with Gasteiger partial charge in [0.25, 0.3) is 0 Å². The maximum absolute atomic E-state index is 12.2. The molecule has 33 heavy (non-hydrogen) atoms. The van der Waals surface area contributed by atoms with Crippen molar-refractivity contribution in [2.45, 2.75) is 32.4 Å². The number of nitrogens with one attached hydrogen (secondary N) is 3. The molecular formula is C23H21ClN6O3. The van der Waals surface area contributed by atoms with Crippen LogP contribution in [-0.2, 0) is 16.1 Å². The zero-order chi connectivity index (χ0) is 23.5. The van der Waals surface area contributed by atoms with Crippen LogP contribution < -0.4 is 16.0 Å². The van der Waals surface area contributed by atoms with Crippen LogP contribution in [0.5, 0.6) is 5.88 Å². The van der Waals surface area contributed by atoms with Crippen molar-refractivity contribution in [3.8, 4) is 12.1 Å². The minimum Gasteiger partial charge on any atom is -0.494 e. The lowest BCUT2D eigenvalue weighted by Crippen LogP contribution is -2.41. The maximum Gasteiger partial charge on any atom is 0.249 e. The Morgan fingerprint density at radius 3 is 2.88 bits per heavy atom. The number of aliphatic imine (C=N–C) groups is 1. The van der Waals surface area contributed by atoms with E-state index in [4.69, 9.17) is 16.9 Å². The Morgan fingerprint density at radius 2 is 2.15 bits per heavy atom. The van der Waals surface area contributed by atoms with E-state index in [0.29, 0.717) is 22.5 Å². The summed E-state index contributed by atoms with van der Waals surface area (Å²) in [6, 6.07) is 10.2. The fourth-order valence-electron chi connectivity index (χ4n) is 3.70. The second-order valence-electron chi connectivity index (χ2n) is 7.74. The molecule has 2 aromatic carbocycles. The summed E-state index contributed by atoms with van der Waals surface area (Å²) >= 11 is 6.16. The highest BCUT2D eigenvalue weighted by molar-refractivity contribution is 6.31. The Bertz CT molecular complexity index is 1320. The number of benzene rings is 2. The zero-order valence-electron chi connectivity index (χ0n) is 17.7. The van der Waals surface area contributed by atoms with Crippen LogP contribution in [0.15, 0.2) is 47.6 Å². The number of aromatic hydroxyl groups is 1. The van der Waals surface area contributed by atoms with Crippen molar-refractivity contribution in [2.75, 3.05) is 5.32 Å². The second-order valence-corrected chi connectivity index (χ2v) is 8.15. The number of anilines is 1. The summed E-state index contributed by atoms with van der Waals surface area (Å²) in [5.74, 6) is -0.502. The number of amides is 2. The molecule has 4 rings (SSSR count). The molecule has 9 nitrogen and oxygen atoms in total. The minimum absolute atomic E-state index is 0.0284. The van der Waals surface area contributed by atoms with Gasteiger partial charge in [-0.25, -0.2) is 4.99 Å². The first kappa shape index (κ1) is 22.2. The number of rotatable bonds is 4. The van der Waals surface area contributed by atoms with E-state index in [1.54, 1.807) is 18.3 Å². The lowest BCUT2D eigenvalue weighted by atomic mass is 10.1. The van der Waals surface area contributed by atoms with Gasteiger partial charge in [-0.2, -0.15) is 5.26 Å². The number of guanidine groups is 1. The lowest BCUT2D eigenvalue weighted by Gasteiger charge is -2.22. The summed E-state index contributed by atoms with van der Waals surface area (Å²) in [7, 11) is 0. The van der Waals surface area contributed by atoms with Crippen molar-refractivity contribution in [2.24, 2.45) is 4.99 Å². The van der Waals surface area contributed by atoms with Crippen LogP contribution in [0.2, 0.25) is 5.02 Å². The third kappa shape index (κ3) is 4.76. The minimum atomic E-state index is -0.645. The average molecular weight is 465 g/mol. The quantitative estimate of drug-likeness (QED) is 0.154. The van der Waals surface area contributed by atoms with Crippen molar-refractivity contribution in [1.82, 2.24) is 15.2 Å². The molecule has 168 valence electrons. The van der Waals surface area contributed by atoms with Gasteiger partial charge in [-0.05, 0) is 48.7 Å². The predicted molar refractivity (Wildman–Crippen MR) is 125 cm³/mol. The normalized spacial score (nSPS) is 16.4. The van der Waals surface area contributed by atoms with E-state index in [1.165, 1.54) is 4.57 Å². The highest BCUT2D eigenvalue weighted by atomic mass is 35.5. The number of hydrogen-bond acceptors (Lipinski definition) is 5. The summed E-state index contributed by atoms with van der Waals surface area (Å²) in [5, 5.41) is 29.5. The van der Waals surface area contributed by atoms with Gasteiger partial charge in [-0.1, -0.05) is 23.7 Å². The van der Waals surface area contributed by atoms with Crippen LogP contribution in [-0.4, -0.2) is 27.4 Å². The van der Waals surface area contributed by atoms with E-state index < -0.39 is 11.9 Å². The van der Waals surface area contributed by atoms with Crippen molar-refractivity contribution < 1.29 is 14.7 Å². The summed E-state index contributed by atoms with van der Waals surface area (Å²) in [4.78, 5) is 28.1. The molecule has 4 N–H and O–H groups in total. The fourth-order valence-corrected chi connectivity index (χ4v) is 3.88. The van der Waals surface area contributed by atoms with Gasteiger partial charge in [0.05, 0.1) is 6.54 Å². The highest BCUT2D eigenvalue weighted by Crippen LogP contribution is 2.33. The van der Waals surface area contributed by atoms with Crippen LogP contribution in [0.3, 0.4) is 0 Å². The molecule has 1 saturated heterocycles. The second kappa shape index (κ2) is 9.22. The van der Waals surface area contributed by atoms with E-state index >= 15 is 0 Å². The Balaban J connectivity index is 1.55. The number of aryl methyl sites for hydroxylation is 1. The molecule has 1 aliphatic rings. The number of halogens is 1. The monoisotopic (exact) mass is 464 g/mol. The number of fused-ring (bicyclic) bond motifs is 1. The summed E-state index contributed by atoms with van der Waals surface area (Å²) in [5.41, 5.74) is 2.47. The molecule has 1 fully saturated rings. The average Bonchev–Trinajstić information content (AvgIpc) is 3.10. The molecule has 2 heterocycles. The number of piperidine rings is 1. The van der Waals surface area contributed by atoms with Gasteiger partial charge >= 0.3 is 0 Å². The number of imide groups is 1. The van der Waals surface area contributed by atoms with E-state index in [-0.39, 0.29) is 30.7 Å². The first-order valence-corrected chi connectivity index (χ1v) is 10.6. The van der Waals surface area contributed by atoms with Gasteiger partial charge in [0, 0.05) is 34.1 Å². The van der Waals surface area contributed by atoms with Crippen molar-refractivity contribution in [1.29, 1.82) is 5.26 Å². The van der Waals surface area contributed by atoms with Crippen LogP contribution >= 0.6 is 11.6 Å². The summed E-state index contributed by atoms with van der Waals surface area (Å²) in [6.07, 6.45) is 4.10. The molecule has 10 heteroatoms. The van der Waals surface area contributed by atoms with E-state index in [0.717, 1.165) is 16.5 Å². The number of nitrogens with zero attached hydrogens (tertiary/aromatic N) is 3.